The van der Waals surface area contributed by atoms with E-state index in [1.165, 1.54) is 0 Å². The highest BCUT2D eigenvalue weighted by Crippen LogP contribution is 2.55. The predicted octanol–water partition coefficient (Wildman–Crippen LogP) is 3.26. The van der Waals surface area contributed by atoms with Crippen LogP contribution in [0.3, 0.4) is 0 Å². The molecule has 1 unspecified atom stereocenters. The Bertz CT molecular complexity index is 158. The quantitative estimate of drug-likeness (QED) is 0.353. The minimum absolute atomic E-state index is 0.238. The van der Waals surface area contributed by atoms with Gasteiger partial charge in [-0.2, -0.15) is 0 Å². The van der Waals surface area contributed by atoms with E-state index in [4.69, 9.17) is 34.8 Å². The van der Waals surface area contributed by atoms with Gasteiger partial charge in [-0.25, -0.2) is 4.74 Å². The maximum absolute atomic E-state index is 5.72. The molecule has 1 atom stereocenters. The zero-order valence-electron chi connectivity index (χ0n) is 4.74. The van der Waals surface area contributed by atoms with Gasteiger partial charge >= 0.3 is 0 Å². The first-order valence-electron chi connectivity index (χ1n) is 2.40. The van der Waals surface area contributed by atoms with Gasteiger partial charge in [0.05, 0.1) is 5.16 Å². The Morgan fingerprint density at radius 1 is 1.56 bits per heavy atom. The average Bonchev–Trinajstić information content (AvgIpc) is 1.84. The summed E-state index contributed by atoms with van der Waals surface area (Å²) in [6, 6.07) is 0. The number of hydrogen-bond donors (Lipinski definition) is 0. The Labute approximate surface area is 70.6 Å². The van der Waals surface area contributed by atoms with Crippen molar-refractivity contribution >= 4 is 43.2 Å². The van der Waals surface area contributed by atoms with Crippen LogP contribution < -0.4 is 0 Å². The van der Waals surface area contributed by atoms with Gasteiger partial charge < -0.3 is 0 Å². The highest BCUT2D eigenvalue weighted by molar-refractivity contribution is 7.32. The lowest BCUT2D eigenvalue weighted by atomic mass is 10.2. The van der Waals surface area contributed by atoms with E-state index in [0.717, 1.165) is 8.37 Å². The molecule has 52 valence electrons. The van der Waals surface area contributed by atoms with Gasteiger partial charge in [-0.3, -0.25) is 0 Å². The Hall–Kier alpha value is 0.970. The van der Waals surface area contributed by atoms with Gasteiger partial charge in [0.15, 0.2) is 0 Å². The molecule has 1 heterocycles. The van der Waals surface area contributed by atoms with Gasteiger partial charge in [0, 0.05) is 14.3 Å². The van der Waals surface area contributed by atoms with Crippen LogP contribution >= 0.6 is 43.2 Å². The molecule has 0 bridgehead atoms. The van der Waals surface area contributed by atoms with E-state index < -0.39 is 4.46 Å². The molecule has 0 N–H and O–H groups in total. The van der Waals surface area contributed by atoms with Gasteiger partial charge in [0.2, 0.25) is 4.46 Å². The largest absolute Gasteiger partial charge is 0.228 e. The number of nitrogens with zero attached hydrogens (tertiary/aromatic N) is 1. The summed E-state index contributed by atoms with van der Waals surface area (Å²) < 4.78 is 2.90. The van der Waals surface area contributed by atoms with Crippen LogP contribution in [0.25, 0.3) is 0 Å². The zero-order chi connectivity index (χ0) is 7.12. The molecule has 0 aliphatic carbocycles. The normalized spacial score (nSPS) is 40.0. The van der Waals surface area contributed by atoms with Crippen LogP contribution in [0.4, 0.5) is 0 Å². The second kappa shape index (κ2) is 2.23. The molecule has 0 amide bonds. The van der Waals surface area contributed by atoms with E-state index in [9.17, 15) is 0 Å². The zero-order valence-corrected chi connectivity index (χ0v) is 7.90. The average molecular weight is 204 g/mol. The van der Waals surface area contributed by atoms with Crippen LogP contribution in [0.15, 0.2) is 4.74 Å². The summed E-state index contributed by atoms with van der Waals surface area (Å²) in [5.41, 5.74) is 0. The maximum Gasteiger partial charge on any atom is 0.226 e. The van der Waals surface area contributed by atoms with Crippen molar-refractivity contribution in [3.63, 3.8) is 0 Å². The van der Waals surface area contributed by atoms with Crippen molar-refractivity contribution in [1.29, 1.82) is 0 Å². The van der Waals surface area contributed by atoms with Crippen molar-refractivity contribution in [2.45, 2.75) is 16.5 Å². The number of alkyl halides is 3. The van der Waals surface area contributed by atoms with Crippen molar-refractivity contribution in [1.82, 2.24) is 0 Å². The summed E-state index contributed by atoms with van der Waals surface area (Å²) in [5, 5.41) is -0.238. The number of rotatable bonds is 1. The fraction of sp³-hybridized carbons (Fsp3) is 1.00. The van der Waals surface area contributed by atoms with Crippen LogP contribution in [0.5, 0.6) is 0 Å². The van der Waals surface area contributed by atoms with E-state index in [0.29, 0.717) is 5.88 Å². The lowest BCUT2D eigenvalue weighted by Crippen LogP contribution is -2.43. The minimum atomic E-state index is -0.948. The van der Waals surface area contributed by atoms with Crippen LogP contribution in [0, 0.1) is 0 Å². The van der Waals surface area contributed by atoms with Crippen LogP contribution in [0.2, 0.25) is 0 Å². The Balaban J connectivity index is 2.78. The van der Waals surface area contributed by atoms with Crippen LogP contribution in [-0.4, -0.2) is 15.5 Å². The summed E-state index contributed by atoms with van der Waals surface area (Å²) in [7, 11) is 0.895. The van der Waals surface area contributed by atoms with Gasteiger partial charge in [0.1, 0.15) is 0 Å². The molecular formula is C4H5Cl3NP. The second-order valence-electron chi connectivity index (χ2n) is 2.15. The number of halogens is 3. The predicted molar refractivity (Wildman–Crippen MR) is 42.9 cm³/mol. The van der Waals surface area contributed by atoms with E-state index in [-0.39, 0.29) is 5.16 Å². The Morgan fingerprint density at radius 2 is 2.11 bits per heavy atom. The van der Waals surface area contributed by atoms with Gasteiger partial charge in [-0.05, 0) is 6.92 Å². The standard InChI is InChI=1S/C4H5Cl3NP/c1-3(2-5)4(6,7)8-9-3/h2H2,1H3. The maximum atomic E-state index is 5.72. The molecule has 1 rings (SSSR count). The molecule has 0 spiro atoms. The lowest BCUT2D eigenvalue weighted by molar-refractivity contribution is 0.590. The summed E-state index contributed by atoms with van der Waals surface area (Å²) >= 11 is 17.0. The van der Waals surface area contributed by atoms with Gasteiger partial charge in [0.25, 0.3) is 0 Å². The number of hydrogen-bond acceptors (Lipinski definition) is 1. The molecule has 0 fully saturated rings. The molecule has 5 heteroatoms. The molecule has 0 aromatic heterocycles. The first-order valence-corrected chi connectivity index (χ1v) is 4.53. The van der Waals surface area contributed by atoms with E-state index in [2.05, 4.69) is 4.74 Å². The summed E-state index contributed by atoms with van der Waals surface area (Å²) in [6.07, 6.45) is 0. The van der Waals surface area contributed by atoms with Crippen molar-refractivity contribution < 1.29 is 0 Å². The minimum Gasteiger partial charge on any atom is -0.228 e. The first kappa shape index (κ1) is 8.07. The smallest absolute Gasteiger partial charge is 0.226 e. The van der Waals surface area contributed by atoms with Gasteiger partial charge in [-0.15, -0.1) is 11.6 Å². The van der Waals surface area contributed by atoms with Crippen LogP contribution in [0.1, 0.15) is 6.92 Å². The molecule has 0 aromatic rings. The van der Waals surface area contributed by atoms with Crippen molar-refractivity contribution in [3.8, 4) is 0 Å². The Kier molecular flexibility index (Phi) is 2.00. The van der Waals surface area contributed by atoms with Crippen LogP contribution in [-0.2, 0) is 0 Å². The van der Waals surface area contributed by atoms with Crippen molar-refractivity contribution in [2.75, 3.05) is 5.88 Å². The second-order valence-corrected chi connectivity index (χ2v) is 5.09. The lowest BCUT2D eigenvalue weighted by Gasteiger charge is -2.38. The SMILES string of the molecule is CC1(CCl)P=NC1(Cl)Cl. The molecule has 0 aromatic carbocycles. The van der Waals surface area contributed by atoms with E-state index >= 15 is 0 Å². The highest BCUT2D eigenvalue weighted by atomic mass is 35.5. The molecule has 1 nitrogen and oxygen atoms in total. The molecule has 0 radical (unpaired) electrons. The van der Waals surface area contributed by atoms with Crippen molar-refractivity contribution in [2.24, 2.45) is 4.74 Å². The molecule has 9 heavy (non-hydrogen) atoms. The van der Waals surface area contributed by atoms with E-state index in [1.54, 1.807) is 0 Å². The third-order valence-electron chi connectivity index (χ3n) is 1.30. The highest BCUT2D eigenvalue weighted by Gasteiger charge is 2.51. The summed E-state index contributed by atoms with van der Waals surface area (Å²) in [4.78, 5) is 0. The molecule has 0 saturated heterocycles. The van der Waals surface area contributed by atoms with Gasteiger partial charge in [-0.1, -0.05) is 23.2 Å². The third kappa shape index (κ3) is 1.09. The fourth-order valence-electron chi connectivity index (χ4n) is 0.403. The topological polar surface area (TPSA) is 12.4 Å². The summed E-state index contributed by atoms with van der Waals surface area (Å²) in [5.74, 6) is 0.449. The van der Waals surface area contributed by atoms with Crippen molar-refractivity contribution in [3.05, 3.63) is 0 Å². The fourth-order valence-corrected chi connectivity index (χ4v) is 2.13. The monoisotopic (exact) mass is 203 g/mol. The molecule has 1 aliphatic heterocycles. The van der Waals surface area contributed by atoms with E-state index in [1.807, 2.05) is 6.92 Å². The molecule has 1 aliphatic rings. The Morgan fingerprint density at radius 3 is 2.11 bits per heavy atom. The molecule has 0 saturated carbocycles. The molecular weight excluding hydrogens is 199 g/mol. The third-order valence-corrected chi connectivity index (χ3v) is 4.85. The first-order chi connectivity index (χ1) is 4.02. The summed E-state index contributed by atoms with van der Waals surface area (Å²) in [6.45, 7) is 1.91.